The third-order valence-electron chi connectivity index (χ3n) is 5.29. The van der Waals surface area contributed by atoms with Gasteiger partial charge in [-0.3, -0.25) is 5.32 Å². The zero-order valence-corrected chi connectivity index (χ0v) is 16.6. The number of ether oxygens (including phenoxy) is 1. The molecule has 0 radical (unpaired) electrons. The van der Waals surface area contributed by atoms with Crippen LogP contribution in [0.25, 0.3) is 0 Å². The Morgan fingerprint density at radius 1 is 0.720 bits per heavy atom. The standard InChI is InChI=1S/C21H43NO3/c1-2-3-4-5-6-7-8-9-10-11-12-13-14-17-20-22-19(16-15-18-23)21(24)25-20/h19-24H,2-18H2,1H3/t19?,20-,21-/m1/s1. The maximum Gasteiger partial charge on any atom is 0.172 e. The zero-order valence-electron chi connectivity index (χ0n) is 16.6. The van der Waals surface area contributed by atoms with Crippen molar-refractivity contribution in [2.45, 2.75) is 128 Å². The minimum absolute atomic E-state index is 0.00796. The Labute approximate surface area is 155 Å². The van der Waals surface area contributed by atoms with E-state index in [0.717, 1.165) is 19.3 Å². The molecule has 0 spiro atoms. The lowest BCUT2D eigenvalue weighted by Gasteiger charge is -2.11. The lowest BCUT2D eigenvalue weighted by molar-refractivity contribution is -0.0995. The Balaban J connectivity index is 1.82. The van der Waals surface area contributed by atoms with E-state index in [-0.39, 0.29) is 18.9 Å². The summed E-state index contributed by atoms with van der Waals surface area (Å²) in [4.78, 5) is 0. The van der Waals surface area contributed by atoms with Crippen LogP contribution in [0.1, 0.15) is 110 Å². The van der Waals surface area contributed by atoms with Gasteiger partial charge in [0.25, 0.3) is 0 Å². The summed E-state index contributed by atoms with van der Waals surface area (Å²) in [5, 5.41) is 22.0. The van der Waals surface area contributed by atoms with Crippen LogP contribution in [-0.2, 0) is 4.74 Å². The van der Waals surface area contributed by atoms with Gasteiger partial charge in [0.1, 0.15) is 6.23 Å². The van der Waals surface area contributed by atoms with Crippen molar-refractivity contribution in [3.63, 3.8) is 0 Å². The maximum atomic E-state index is 9.82. The number of unbranched alkanes of at least 4 members (excludes halogenated alkanes) is 12. The smallest absolute Gasteiger partial charge is 0.172 e. The summed E-state index contributed by atoms with van der Waals surface area (Å²) in [6.45, 7) is 2.45. The van der Waals surface area contributed by atoms with Gasteiger partial charge in [-0.2, -0.15) is 0 Å². The second-order valence-electron chi connectivity index (χ2n) is 7.69. The molecule has 1 heterocycles. The summed E-state index contributed by atoms with van der Waals surface area (Å²) in [7, 11) is 0. The van der Waals surface area contributed by atoms with Crippen LogP contribution in [0, 0.1) is 0 Å². The van der Waals surface area contributed by atoms with Crippen molar-refractivity contribution in [2.24, 2.45) is 0 Å². The van der Waals surface area contributed by atoms with E-state index in [4.69, 9.17) is 9.84 Å². The fourth-order valence-electron chi connectivity index (χ4n) is 3.66. The predicted octanol–water partition coefficient (Wildman–Crippen LogP) is 4.87. The Bertz CT molecular complexity index is 288. The van der Waals surface area contributed by atoms with Crippen LogP contribution < -0.4 is 5.32 Å². The second kappa shape index (κ2) is 16.0. The highest BCUT2D eigenvalue weighted by Gasteiger charge is 2.31. The Hall–Kier alpha value is -0.160. The van der Waals surface area contributed by atoms with Gasteiger partial charge in [-0.05, 0) is 25.7 Å². The van der Waals surface area contributed by atoms with Gasteiger partial charge in [-0.15, -0.1) is 0 Å². The second-order valence-corrected chi connectivity index (χ2v) is 7.69. The van der Waals surface area contributed by atoms with E-state index in [1.54, 1.807) is 0 Å². The molecule has 3 atom stereocenters. The zero-order chi connectivity index (χ0) is 18.2. The molecule has 0 aromatic heterocycles. The molecule has 4 heteroatoms. The molecule has 1 aliphatic rings. The van der Waals surface area contributed by atoms with E-state index in [0.29, 0.717) is 6.42 Å². The molecule has 4 nitrogen and oxygen atoms in total. The maximum absolute atomic E-state index is 9.82. The topological polar surface area (TPSA) is 61.7 Å². The molecule has 150 valence electrons. The average Bonchev–Trinajstić information content (AvgIpc) is 2.97. The SMILES string of the molecule is CCCCCCCCCCCCCCC[C@@H]1NC(CCCO)[C@H](O)O1. The highest BCUT2D eigenvalue weighted by atomic mass is 16.6. The van der Waals surface area contributed by atoms with Crippen molar-refractivity contribution in [1.82, 2.24) is 5.32 Å². The molecule has 3 N–H and O–H groups in total. The van der Waals surface area contributed by atoms with E-state index in [1.165, 1.54) is 77.0 Å². The summed E-state index contributed by atoms with van der Waals surface area (Å²) in [6, 6.07) is -0.0147. The van der Waals surface area contributed by atoms with Crippen LogP contribution in [-0.4, -0.2) is 35.4 Å². The highest BCUT2D eigenvalue weighted by Crippen LogP contribution is 2.19. The van der Waals surface area contributed by atoms with Gasteiger partial charge in [0.05, 0.1) is 6.04 Å². The third-order valence-corrected chi connectivity index (χ3v) is 5.29. The summed E-state index contributed by atoms with van der Waals surface area (Å²) in [6.07, 6.45) is 19.5. The van der Waals surface area contributed by atoms with Crippen molar-refractivity contribution in [3.8, 4) is 0 Å². The number of aliphatic hydroxyl groups is 2. The van der Waals surface area contributed by atoms with Crippen LogP contribution in [0.4, 0.5) is 0 Å². The molecule has 0 aliphatic carbocycles. The first-order valence-electron chi connectivity index (χ1n) is 11.0. The summed E-state index contributed by atoms with van der Waals surface area (Å²) >= 11 is 0. The molecule has 0 bridgehead atoms. The van der Waals surface area contributed by atoms with Crippen LogP contribution in [0.15, 0.2) is 0 Å². The number of hydrogen-bond donors (Lipinski definition) is 3. The molecular formula is C21H43NO3. The van der Waals surface area contributed by atoms with E-state index >= 15 is 0 Å². The van der Waals surface area contributed by atoms with E-state index in [2.05, 4.69) is 12.2 Å². The molecule has 0 aromatic rings. The van der Waals surface area contributed by atoms with Crippen molar-refractivity contribution < 1.29 is 14.9 Å². The minimum atomic E-state index is -0.710. The molecule has 1 saturated heterocycles. The predicted molar refractivity (Wildman–Crippen MR) is 104 cm³/mol. The first kappa shape index (κ1) is 22.9. The van der Waals surface area contributed by atoms with E-state index < -0.39 is 6.29 Å². The normalized spacial score (nSPS) is 23.4. The van der Waals surface area contributed by atoms with Crippen molar-refractivity contribution in [1.29, 1.82) is 0 Å². The van der Waals surface area contributed by atoms with Crippen molar-refractivity contribution in [3.05, 3.63) is 0 Å². The Morgan fingerprint density at radius 2 is 1.24 bits per heavy atom. The molecular weight excluding hydrogens is 314 g/mol. The van der Waals surface area contributed by atoms with Crippen molar-refractivity contribution >= 4 is 0 Å². The summed E-state index contributed by atoms with van der Waals surface area (Å²) in [5.41, 5.74) is 0. The van der Waals surface area contributed by atoms with Gasteiger partial charge in [0, 0.05) is 6.61 Å². The number of rotatable bonds is 17. The lowest BCUT2D eigenvalue weighted by atomic mass is 10.0. The molecule has 1 fully saturated rings. The van der Waals surface area contributed by atoms with Gasteiger partial charge in [-0.25, -0.2) is 0 Å². The minimum Gasteiger partial charge on any atom is -0.396 e. The van der Waals surface area contributed by atoms with Gasteiger partial charge < -0.3 is 14.9 Å². The van der Waals surface area contributed by atoms with E-state index in [9.17, 15) is 5.11 Å². The lowest BCUT2D eigenvalue weighted by Crippen LogP contribution is -2.33. The molecule has 1 rings (SSSR count). The van der Waals surface area contributed by atoms with Crippen LogP contribution >= 0.6 is 0 Å². The fraction of sp³-hybridized carbons (Fsp3) is 1.00. The first-order valence-corrected chi connectivity index (χ1v) is 11.0. The quantitative estimate of drug-likeness (QED) is 0.325. The fourth-order valence-corrected chi connectivity index (χ4v) is 3.66. The number of hydrogen-bond acceptors (Lipinski definition) is 4. The largest absolute Gasteiger partial charge is 0.396 e. The van der Waals surface area contributed by atoms with Gasteiger partial charge in [0.15, 0.2) is 6.29 Å². The third kappa shape index (κ3) is 12.0. The molecule has 0 amide bonds. The monoisotopic (exact) mass is 357 g/mol. The van der Waals surface area contributed by atoms with Gasteiger partial charge in [0.2, 0.25) is 0 Å². The Kier molecular flexibility index (Phi) is 14.7. The van der Waals surface area contributed by atoms with Crippen LogP contribution in [0.5, 0.6) is 0 Å². The van der Waals surface area contributed by atoms with Crippen molar-refractivity contribution in [2.75, 3.05) is 6.61 Å². The molecule has 0 saturated carbocycles. The number of nitrogens with one attached hydrogen (secondary N) is 1. The molecule has 0 aromatic carbocycles. The number of aliphatic hydroxyl groups excluding tert-OH is 2. The molecule has 1 aliphatic heterocycles. The summed E-state index contributed by atoms with van der Waals surface area (Å²) in [5.74, 6) is 0. The Morgan fingerprint density at radius 3 is 1.76 bits per heavy atom. The first-order chi connectivity index (χ1) is 12.3. The average molecular weight is 358 g/mol. The summed E-state index contributed by atoms with van der Waals surface area (Å²) < 4.78 is 5.54. The van der Waals surface area contributed by atoms with E-state index in [1.807, 2.05) is 0 Å². The highest BCUT2D eigenvalue weighted by molar-refractivity contribution is 4.79. The molecule has 25 heavy (non-hydrogen) atoms. The van der Waals surface area contributed by atoms with Crippen LogP contribution in [0.2, 0.25) is 0 Å². The van der Waals surface area contributed by atoms with Crippen LogP contribution in [0.3, 0.4) is 0 Å². The molecule has 1 unspecified atom stereocenters. The van der Waals surface area contributed by atoms with Gasteiger partial charge >= 0.3 is 0 Å². The van der Waals surface area contributed by atoms with Gasteiger partial charge in [-0.1, -0.05) is 84.0 Å².